The summed E-state index contributed by atoms with van der Waals surface area (Å²) in [6.07, 6.45) is 1.03. The van der Waals surface area contributed by atoms with Crippen molar-refractivity contribution in [3.63, 3.8) is 0 Å². The second-order valence-electron chi connectivity index (χ2n) is 12.6. The van der Waals surface area contributed by atoms with Gasteiger partial charge in [0.05, 0.1) is 40.2 Å². The van der Waals surface area contributed by atoms with Crippen molar-refractivity contribution in [1.82, 2.24) is 15.6 Å². The summed E-state index contributed by atoms with van der Waals surface area (Å²) in [5.74, 6) is -4.49. The number of aromatic nitrogens is 1. The van der Waals surface area contributed by atoms with Gasteiger partial charge in [-0.05, 0) is 35.2 Å². The Labute approximate surface area is 303 Å². The fourth-order valence-electron chi connectivity index (χ4n) is 5.91. The maximum absolute atomic E-state index is 14.1. The fraction of sp³-hybridized carbons (Fsp3) is 0.297. The van der Waals surface area contributed by atoms with Crippen LogP contribution in [0.15, 0.2) is 84.1 Å². The normalized spacial score (nSPS) is 16.5. The van der Waals surface area contributed by atoms with Crippen LogP contribution in [-0.4, -0.2) is 69.6 Å². The van der Waals surface area contributed by atoms with Crippen LogP contribution in [0.25, 0.3) is 10.9 Å². The highest BCUT2D eigenvalue weighted by atomic mass is 35.5. The number of hydrogen-bond donors (Lipinski definition) is 4. The number of para-hydroxylation sites is 1. The lowest BCUT2D eigenvalue weighted by molar-refractivity contribution is -0.148. The molecule has 14 heteroatoms. The molecule has 0 saturated carbocycles. The number of carboxylic acid groups (broad SMARTS) is 1. The Bertz CT molecular complexity index is 1960. The number of carbonyl (C=O) groups excluding carboxylic acids is 4. The molecule has 1 aliphatic rings. The van der Waals surface area contributed by atoms with E-state index >= 15 is 0 Å². The number of nitrogens with zero attached hydrogens (tertiary/aromatic N) is 1. The van der Waals surface area contributed by atoms with E-state index in [9.17, 15) is 29.1 Å². The van der Waals surface area contributed by atoms with Crippen molar-refractivity contribution in [2.75, 3.05) is 6.61 Å². The summed E-state index contributed by atoms with van der Waals surface area (Å²) in [6.45, 7) is 2.93. The third-order valence-electron chi connectivity index (χ3n) is 8.50. The molecule has 1 aliphatic heterocycles. The van der Waals surface area contributed by atoms with Gasteiger partial charge < -0.3 is 30.3 Å². The first-order chi connectivity index (χ1) is 24.4. The number of oxime groups is 1. The molecule has 0 fully saturated rings. The van der Waals surface area contributed by atoms with Gasteiger partial charge in [0.2, 0.25) is 11.5 Å². The Balaban J connectivity index is 1.33. The van der Waals surface area contributed by atoms with Crippen LogP contribution in [0.4, 0.5) is 0 Å². The molecular formula is C37H36Cl2N4O8. The lowest BCUT2D eigenvalue weighted by Gasteiger charge is -2.29. The lowest BCUT2D eigenvalue weighted by Crippen LogP contribution is -2.55. The minimum absolute atomic E-state index is 0.00114. The van der Waals surface area contributed by atoms with Crippen molar-refractivity contribution in [2.45, 2.75) is 57.2 Å². The molecule has 3 aromatic carbocycles. The van der Waals surface area contributed by atoms with E-state index in [-0.39, 0.29) is 46.7 Å². The molecule has 0 aliphatic carbocycles. The average molecular weight is 736 g/mol. The summed E-state index contributed by atoms with van der Waals surface area (Å²) in [5.41, 5.74) is 0.975. The monoisotopic (exact) mass is 734 g/mol. The highest BCUT2D eigenvalue weighted by molar-refractivity contribution is 6.39. The molecule has 0 radical (unpaired) electrons. The number of hydrogen-bond acceptors (Lipinski definition) is 8. The van der Waals surface area contributed by atoms with Gasteiger partial charge in [0.25, 0.3) is 5.91 Å². The molecule has 0 saturated heterocycles. The van der Waals surface area contributed by atoms with Crippen LogP contribution in [0.5, 0.6) is 0 Å². The first-order valence-corrected chi connectivity index (χ1v) is 16.9. The molecular weight excluding hydrogens is 699 g/mol. The van der Waals surface area contributed by atoms with E-state index in [1.807, 2.05) is 44.2 Å². The number of benzene rings is 3. The summed E-state index contributed by atoms with van der Waals surface area (Å²) < 4.78 is 5.12. The second kappa shape index (κ2) is 16.2. The van der Waals surface area contributed by atoms with Gasteiger partial charge in [-0.1, -0.05) is 96.8 Å². The van der Waals surface area contributed by atoms with Gasteiger partial charge >= 0.3 is 11.9 Å². The maximum Gasteiger partial charge on any atom is 0.341 e. The fourth-order valence-corrected chi connectivity index (χ4v) is 6.47. The van der Waals surface area contributed by atoms with Crippen LogP contribution in [-0.2, 0) is 41.6 Å². The van der Waals surface area contributed by atoms with Gasteiger partial charge in [-0.25, -0.2) is 4.79 Å². The number of carbonyl (C=O) groups is 5. The van der Waals surface area contributed by atoms with E-state index in [4.69, 9.17) is 32.8 Å². The van der Waals surface area contributed by atoms with Crippen molar-refractivity contribution in [1.29, 1.82) is 0 Å². The minimum atomic E-state index is -1.70. The molecule has 0 bridgehead atoms. The highest BCUT2D eigenvalue weighted by Gasteiger charge is 2.49. The number of carboxylic acids is 1. The Morgan fingerprint density at radius 3 is 2.33 bits per heavy atom. The van der Waals surface area contributed by atoms with Gasteiger partial charge in [0.15, 0.2) is 12.4 Å². The zero-order chi connectivity index (χ0) is 36.7. The quantitative estimate of drug-likeness (QED) is 0.119. The van der Waals surface area contributed by atoms with Crippen LogP contribution in [0.3, 0.4) is 0 Å². The van der Waals surface area contributed by atoms with Crippen molar-refractivity contribution in [3.05, 3.63) is 106 Å². The summed E-state index contributed by atoms with van der Waals surface area (Å²) in [7, 11) is 0. The maximum atomic E-state index is 14.1. The summed E-state index contributed by atoms with van der Waals surface area (Å²) in [5, 5.41) is 20.4. The summed E-state index contributed by atoms with van der Waals surface area (Å²) in [6, 6.07) is 18.8. The average Bonchev–Trinajstić information content (AvgIpc) is 3.71. The van der Waals surface area contributed by atoms with Gasteiger partial charge in [-0.3, -0.25) is 19.2 Å². The number of aromatic amines is 1. The molecule has 12 nitrogen and oxygen atoms in total. The predicted molar refractivity (Wildman–Crippen MR) is 191 cm³/mol. The number of amides is 2. The molecule has 4 N–H and O–H groups in total. The first-order valence-electron chi connectivity index (χ1n) is 16.2. The van der Waals surface area contributed by atoms with E-state index in [1.54, 1.807) is 30.5 Å². The number of Topliss-reactive ketones (excluding diaryl/α,β-unsaturated/α-hetero) is 1. The number of H-pyrrole nitrogens is 1. The number of halogens is 2. The van der Waals surface area contributed by atoms with Gasteiger partial charge in [-0.15, -0.1) is 0 Å². The molecule has 266 valence electrons. The molecule has 1 unspecified atom stereocenters. The van der Waals surface area contributed by atoms with Crippen molar-refractivity contribution >= 4 is 69.4 Å². The van der Waals surface area contributed by atoms with E-state index in [1.165, 1.54) is 18.2 Å². The number of rotatable bonds is 15. The standard InChI is InChI=1S/C37H36Cl2N4O8/c1-21(2)34(42-31(45)15-23-19-40-27-14-7-6-11-24(23)27)29-18-37(51-43-29,17-22-9-4-3-5-10-22)36(49)41-28(16-32(46)47)30(44)20-50-35(48)33-25(38)12-8-13-26(33)39/h3-14,19,21,28,34,40H,15-18,20H2,1-2H3,(H,41,49)(H,42,45)(H,46,47)/t28-,34-,37?/m0/s1. The molecule has 0 spiro atoms. The number of fused-ring (bicyclic) bond motifs is 1. The second-order valence-corrected chi connectivity index (χ2v) is 13.4. The summed E-state index contributed by atoms with van der Waals surface area (Å²) in [4.78, 5) is 74.3. The van der Waals surface area contributed by atoms with E-state index in [0.717, 1.165) is 16.5 Å². The summed E-state index contributed by atoms with van der Waals surface area (Å²) >= 11 is 12.1. The van der Waals surface area contributed by atoms with Crippen molar-refractivity contribution in [2.24, 2.45) is 11.1 Å². The van der Waals surface area contributed by atoms with Crippen LogP contribution in [0, 0.1) is 5.92 Å². The van der Waals surface area contributed by atoms with Gasteiger partial charge in [0.1, 0.15) is 6.04 Å². The molecule has 2 heterocycles. The molecule has 4 aromatic rings. The van der Waals surface area contributed by atoms with E-state index in [2.05, 4.69) is 20.8 Å². The zero-order valence-electron chi connectivity index (χ0n) is 27.8. The highest BCUT2D eigenvalue weighted by Crippen LogP contribution is 2.32. The number of nitrogens with one attached hydrogen (secondary N) is 3. The van der Waals surface area contributed by atoms with Crippen LogP contribution < -0.4 is 10.6 Å². The van der Waals surface area contributed by atoms with Crippen molar-refractivity contribution in [3.8, 4) is 0 Å². The zero-order valence-corrected chi connectivity index (χ0v) is 29.3. The van der Waals surface area contributed by atoms with Gasteiger partial charge in [0, 0.05) is 29.9 Å². The van der Waals surface area contributed by atoms with E-state index in [0.29, 0.717) is 11.3 Å². The lowest BCUT2D eigenvalue weighted by atomic mass is 9.84. The number of aliphatic carboxylic acids is 1. The minimum Gasteiger partial charge on any atom is -0.481 e. The van der Waals surface area contributed by atoms with Crippen LogP contribution in [0.2, 0.25) is 10.0 Å². The van der Waals surface area contributed by atoms with Crippen molar-refractivity contribution < 1.29 is 38.7 Å². The Kier molecular flexibility index (Phi) is 11.8. The largest absolute Gasteiger partial charge is 0.481 e. The molecule has 3 atom stereocenters. The molecule has 1 aromatic heterocycles. The van der Waals surface area contributed by atoms with Crippen LogP contribution >= 0.6 is 23.2 Å². The molecule has 51 heavy (non-hydrogen) atoms. The number of ether oxygens (including phenoxy) is 1. The molecule has 5 rings (SSSR count). The van der Waals surface area contributed by atoms with E-state index < -0.39 is 54.3 Å². The van der Waals surface area contributed by atoms with Gasteiger partial charge in [-0.2, -0.15) is 0 Å². The third kappa shape index (κ3) is 8.94. The SMILES string of the molecule is CC(C)[C@H](NC(=O)Cc1c[nH]c2ccccc12)C1=NOC(Cc2ccccc2)(C(=O)N[C@@H](CC(=O)O)C(=O)COC(=O)c2c(Cl)cccc2Cl)C1. The number of ketones is 1. The first kappa shape index (κ1) is 37.1. The number of esters is 1. The smallest absolute Gasteiger partial charge is 0.341 e. The van der Waals surface area contributed by atoms with Crippen LogP contribution in [0.1, 0.15) is 48.2 Å². The third-order valence-corrected chi connectivity index (χ3v) is 9.13. The topological polar surface area (TPSA) is 176 Å². The Hall–Kier alpha value is -5.20. The predicted octanol–water partition coefficient (Wildman–Crippen LogP) is 5.30. The Morgan fingerprint density at radius 2 is 1.65 bits per heavy atom. The molecule has 2 amide bonds. The Morgan fingerprint density at radius 1 is 0.961 bits per heavy atom.